The van der Waals surface area contributed by atoms with Crippen molar-refractivity contribution in [2.24, 2.45) is 0 Å². The second kappa shape index (κ2) is 9.39. The van der Waals surface area contributed by atoms with Gasteiger partial charge in [-0.25, -0.2) is 4.79 Å². The molecule has 0 saturated carbocycles. The molecule has 7 nitrogen and oxygen atoms in total. The molecule has 0 unspecified atom stereocenters. The molecule has 0 aromatic heterocycles. The highest BCUT2D eigenvalue weighted by atomic mass is 35.5. The summed E-state index contributed by atoms with van der Waals surface area (Å²) >= 11 is 11.7. The molecule has 0 radical (unpaired) electrons. The van der Waals surface area contributed by atoms with Crippen LogP contribution in [-0.4, -0.2) is 23.3 Å². The van der Waals surface area contributed by atoms with Crippen LogP contribution in [0.1, 0.15) is 20.7 Å². The summed E-state index contributed by atoms with van der Waals surface area (Å²) in [7, 11) is 0. The molecular formula is C21H13Cl2NO6. The van der Waals surface area contributed by atoms with E-state index in [1.54, 1.807) is 12.1 Å². The van der Waals surface area contributed by atoms with Gasteiger partial charge in [-0.1, -0.05) is 29.3 Å². The van der Waals surface area contributed by atoms with Gasteiger partial charge in [-0.05, 0) is 48.5 Å². The number of ether oxygens (including phenoxy) is 2. The minimum absolute atomic E-state index is 0.0636. The molecule has 0 atom stereocenters. The van der Waals surface area contributed by atoms with E-state index in [1.165, 1.54) is 54.6 Å². The van der Waals surface area contributed by atoms with E-state index in [1.807, 2.05) is 0 Å². The first kappa shape index (κ1) is 21.3. The molecule has 0 aliphatic rings. The van der Waals surface area contributed by atoms with Crippen LogP contribution in [0.25, 0.3) is 0 Å². The average Bonchev–Trinajstić information content (AvgIpc) is 2.74. The summed E-state index contributed by atoms with van der Waals surface area (Å²) in [5.74, 6) is -0.451. The predicted octanol–water partition coefficient (Wildman–Crippen LogP) is 5.73. The third-order valence-corrected chi connectivity index (χ3v) is 4.67. The second-order valence-corrected chi connectivity index (χ2v) is 6.82. The summed E-state index contributed by atoms with van der Waals surface area (Å²) < 4.78 is 10.7. The smallest absolute Gasteiger partial charge is 0.338 e. The minimum Gasteiger partial charge on any atom is -0.457 e. The Hall–Kier alpha value is -3.42. The van der Waals surface area contributed by atoms with Crippen LogP contribution >= 0.6 is 23.2 Å². The van der Waals surface area contributed by atoms with Gasteiger partial charge in [0.05, 0.1) is 20.5 Å². The van der Waals surface area contributed by atoms with E-state index in [0.29, 0.717) is 16.5 Å². The van der Waals surface area contributed by atoms with E-state index >= 15 is 0 Å². The molecule has 0 heterocycles. The molecule has 0 bridgehead atoms. The van der Waals surface area contributed by atoms with Crippen molar-refractivity contribution in [3.05, 3.63) is 98.0 Å². The number of halogens is 2. The lowest BCUT2D eigenvalue weighted by atomic mass is 10.1. The topological polar surface area (TPSA) is 95.7 Å². The molecule has 0 aliphatic carbocycles. The van der Waals surface area contributed by atoms with Gasteiger partial charge in [0, 0.05) is 17.7 Å². The largest absolute Gasteiger partial charge is 0.457 e. The zero-order valence-corrected chi connectivity index (χ0v) is 16.7. The zero-order chi connectivity index (χ0) is 21.7. The zero-order valence-electron chi connectivity index (χ0n) is 15.2. The number of carbonyl (C=O) groups is 2. The lowest BCUT2D eigenvalue weighted by Gasteiger charge is -2.08. The van der Waals surface area contributed by atoms with E-state index in [0.717, 1.165) is 0 Å². The first-order valence-corrected chi connectivity index (χ1v) is 9.27. The van der Waals surface area contributed by atoms with Gasteiger partial charge in [0.2, 0.25) is 0 Å². The number of benzene rings is 3. The van der Waals surface area contributed by atoms with Gasteiger partial charge in [-0.15, -0.1) is 0 Å². The highest BCUT2D eigenvalue weighted by molar-refractivity contribution is 6.42. The Morgan fingerprint density at radius 2 is 1.60 bits per heavy atom. The van der Waals surface area contributed by atoms with Crippen molar-refractivity contribution in [1.82, 2.24) is 0 Å². The fraction of sp³-hybridized carbons (Fsp3) is 0.0476. The lowest BCUT2D eigenvalue weighted by molar-refractivity contribution is -0.384. The molecule has 9 heteroatoms. The Bertz CT molecular complexity index is 1110. The first-order valence-electron chi connectivity index (χ1n) is 8.51. The van der Waals surface area contributed by atoms with Crippen molar-refractivity contribution in [2.75, 3.05) is 6.61 Å². The number of esters is 1. The molecule has 3 aromatic rings. The van der Waals surface area contributed by atoms with Crippen LogP contribution in [0.2, 0.25) is 10.0 Å². The van der Waals surface area contributed by atoms with Crippen molar-refractivity contribution >= 4 is 40.6 Å². The van der Waals surface area contributed by atoms with Crippen molar-refractivity contribution in [3.8, 4) is 11.5 Å². The fourth-order valence-electron chi connectivity index (χ4n) is 2.43. The van der Waals surface area contributed by atoms with E-state index in [9.17, 15) is 19.7 Å². The Balaban J connectivity index is 1.63. The van der Waals surface area contributed by atoms with Crippen LogP contribution in [0.4, 0.5) is 5.69 Å². The lowest BCUT2D eigenvalue weighted by Crippen LogP contribution is -2.14. The number of non-ortho nitro benzene ring substituents is 1. The summed E-state index contributed by atoms with van der Waals surface area (Å²) in [6.45, 7) is -0.468. The Labute approximate surface area is 180 Å². The van der Waals surface area contributed by atoms with Crippen LogP contribution in [0, 0.1) is 10.1 Å². The molecule has 0 fully saturated rings. The molecule has 0 saturated heterocycles. The van der Waals surface area contributed by atoms with Crippen molar-refractivity contribution in [1.29, 1.82) is 0 Å². The SMILES string of the molecule is O=C(COC(=O)c1cccc(Oc2ccc([N+](=O)[O-])cc2)c1)c1ccc(Cl)c(Cl)c1. The molecule has 0 amide bonds. The van der Waals surface area contributed by atoms with Gasteiger partial charge < -0.3 is 9.47 Å². The molecule has 0 N–H and O–H groups in total. The highest BCUT2D eigenvalue weighted by Gasteiger charge is 2.14. The summed E-state index contributed by atoms with van der Waals surface area (Å²) in [6.07, 6.45) is 0. The van der Waals surface area contributed by atoms with E-state index in [-0.39, 0.29) is 21.8 Å². The maximum Gasteiger partial charge on any atom is 0.338 e. The standard InChI is InChI=1S/C21H13Cl2NO6/c22-18-9-4-13(11-19(18)23)20(25)12-29-21(26)14-2-1-3-17(10-14)30-16-7-5-15(6-8-16)24(27)28/h1-11H,12H2. The van der Waals surface area contributed by atoms with Crippen LogP contribution in [0.3, 0.4) is 0 Å². The third-order valence-electron chi connectivity index (χ3n) is 3.93. The van der Waals surface area contributed by atoms with Gasteiger partial charge in [0.15, 0.2) is 12.4 Å². The van der Waals surface area contributed by atoms with Crippen LogP contribution in [-0.2, 0) is 4.74 Å². The van der Waals surface area contributed by atoms with E-state index < -0.39 is 23.3 Å². The number of carbonyl (C=O) groups excluding carboxylic acids is 2. The molecule has 3 aromatic carbocycles. The molecule has 3 rings (SSSR count). The van der Waals surface area contributed by atoms with E-state index in [4.69, 9.17) is 32.7 Å². The van der Waals surface area contributed by atoms with Gasteiger partial charge >= 0.3 is 5.97 Å². The number of nitro benzene ring substituents is 1. The van der Waals surface area contributed by atoms with Crippen LogP contribution in [0.15, 0.2) is 66.7 Å². The number of rotatable bonds is 7. The first-order chi connectivity index (χ1) is 14.3. The average molecular weight is 446 g/mol. The van der Waals surface area contributed by atoms with Crippen molar-refractivity contribution in [2.45, 2.75) is 0 Å². The number of hydrogen-bond donors (Lipinski definition) is 0. The quantitative estimate of drug-likeness (QED) is 0.199. The number of nitrogens with zero attached hydrogens (tertiary/aromatic N) is 1. The molecule has 0 aliphatic heterocycles. The maximum atomic E-state index is 12.3. The molecule has 152 valence electrons. The van der Waals surface area contributed by atoms with Gasteiger partial charge in [-0.2, -0.15) is 0 Å². The van der Waals surface area contributed by atoms with Crippen molar-refractivity contribution < 1.29 is 24.0 Å². The van der Waals surface area contributed by atoms with Gasteiger partial charge in [0.25, 0.3) is 5.69 Å². The highest BCUT2D eigenvalue weighted by Crippen LogP contribution is 2.25. The summed E-state index contributed by atoms with van der Waals surface area (Å²) in [6, 6.07) is 16.0. The molecule has 30 heavy (non-hydrogen) atoms. The molecule has 0 spiro atoms. The minimum atomic E-state index is -0.711. The number of Topliss-reactive ketones (excluding diaryl/α,β-unsaturated/α-hetero) is 1. The van der Waals surface area contributed by atoms with Gasteiger partial charge in [-0.3, -0.25) is 14.9 Å². The van der Waals surface area contributed by atoms with Crippen LogP contribution < -0.4 is 4.74 Å². The monoisotopic (exact) mass is 445 g/mol. The van der Waals surface area contributed by atoms with Crippen molar-refractivity contribution in [3.63, 3.8) is 0 Å². The fourth-order valence-corrected chi connectivity index (χ4v) is 2.72. The third kappa shape index (κ3) is 5.34. The number of ketones is 1. The second-order valence-electron chi connectivity index (χ2n) is 6.01. The maximum absolute atomic E-state index is 12.3. The predicted molar refractivity (Wildman–Crippen MR) is 111 cm³/mol. The number of hydrogen-bond acceptors (Lipinski definition) is 6. The molecular weight excluding hydrogens is 433 g/mol. The number of nitro groups is 1. The normalized spacial score (nSPS) is 10.3. The Kier molecular flexibility index (Phi) is 6.66. The Morgan fingerprint density at radius 1 is 0.867 bits per heavy atom. The summed E-state index contributed by atoms with van der Waals surface area (Å²) in [5.41, 5.74) is 0.384. The summed E-state index contributed by atoms with van der Waals surface area (Å²) in [5, 5.41) is 11.2. The Morgan fingerprint density at radius 3 is 2.27 bits per heavy atom. The van der Waals surface area contributed by atoms with Crippen LogP contribution in [0.5, 0.6) is 11.5 Å². The summed E-state index contributed by atoms with van der Waals surface area (Å²) in [4.78, 5) is 34.6. The van der Waals surface area contributed by atoms with E-state index in [2.05, 4.69) is 0 Å². The van der Waals surface area contributed by atoms with Gasteiger partial charge in [0.1, 0.15) is 11.5 Å².